The molecule has 0 radical (unpaired) electrons. The Balaban J connectivity index is 2.18. The molecule has 0 saturated carbocycles. The van der Waals surface area contributed by atoms with Crippen LogP contribution in [0.4, 0.5) is 0 Å². The Morgan fingerprint density at radius 3 is 2.48 bits per heavy atom. The molecule has 3 N–H and O–H groups in total. The first-order valence-corrected chi connectivity index (χ1v) is 12.0. The molecule has 1 aliphatic heterocycles. The number of rotatable bonds is 4. The van der Waals surface area contributed by atoms with Crippen LogP contribution >= 0.6 is 22.6 Å². The van der Waals surface area contributed by atoms with E-state index < -0.39 is 44.1 Å². The smallest absolute Gasteiger partial charge is 0.330 e. The van der Waals surface area contributed by atoms with Gasteiger partial charge < -0.3 is 19.4 Å². The number of nitrogens with zero attached hydrogens (tertiary/aromatic N) is 1. The van der Waals surface area contributed by atoms with E-state index in [4.69, 9.17) is 9.16 Å². The molecule has 2 rings (SSSR count). The zero-order valence-electron chi connectivity index (χ0n) is 14.9. The van der Waals surface area contributed by atoms with E-state index in [-0.39, 0.29) is 15.2 Å². The summed E-state index contributed by atoms with van der Waals surface area (Å²) in [6.07, 6.45) is -3.02. The van der Waals surface area contributed by atoms with Crippen molar-refractivity contribution in [3.8, 4) is 0 Å². The molecule has 0 spiro atoms. The molecule has 10 heteroatoms. The molecule has 1 aromatic rings. The molecule has 1 aliphatic rings. The fraction of sp³-hybridized carbons (Fsp3) is 0.733. The van der Waals surface area contributed by atoms with Crippen molar-refractivity contribution in [2.24, 2.45) is 0 Å². The van der Waals surface area contributed by atoms with Gasteiger partial charge in [-0.15, -0.1) is 0 Å². The van der Waals surface area contributed by atoms with E-state index in [9.17, 15) is 19.8 Å². The molecule has 0 bridgehead atoms. The summed E-state index contributed by atoms with van der Waals surface area (Å²) < 4.78 is 13.1. The number of aromatic amines is 1. The number of hydrogen-bond donors (Lipinski definition) is 3. The van der Waals surface area contributed by atoms with Crippen LogP contribution in [-0.2, 0) is 9.16 Å². The Morgan fingerprint density at radius 1 is 1.32 bits per heavy atom. The van der Waals surface area contributed by atoms with E-state index in [1.807, 2.05) is 0 Å². The molecule has 0 aromatic carbocycles. The van der Waals surface area contributed by atoms with Crippen molar-refractivity contribution in [3.05, 3.63) is 30.6 Å². The number of H-pyrrole nitrogens is 1. The first-order valence-electron chi connectivity index (χ1n) is 8.01. The standard InChI is InChI=1S/C15H25IN2O6Si/c1-15(2,3)25(4,5)23-7-9-10(19)11(20)13(24-9)18-6-8(16)12(21)17-14(18)22/h6,9-11,13,19-20H,7H2,1-5H3,(H,17,21,22)/t9-,10?,11?,13-/m0/s1. The molecule has 1 aromatic heterocycles. The van der Waals surface area contributed by atoms with Crippen molar-refractivity contribution in [1.82, 2.24) is 9.55 Å². The summed E-state index contributed by atoms with van der Waals surface area (Å²) in [5, 5.41) is 20.6. The lowest BCUT2D eigenvalue weighted by Crippen LogP contribution is -2.44. The highest BCUT2D eigenvalue weighted by Crippen LogP contribution is 2.37. The van der Waals surface area contributed by atoms with Gasteiger partial charge in [-0.25, -0.2) is 4.79 Å². The minimum absolute atomic E-state index is 0.000537. The normalized spacial score (nSPS) is 27.7. The van der Waals surface area contributed by atoms with Gasteiger partial charge in [0.15, 0.2) is 14.5 Å². The lowest BCUT2D eigenvalue weighted by Gasteiger charge is -2.37. The van der Waals surface area contributed by atoms with Crippen molar-refractivity contribution in [3.63, 3.8) is 0 Å². The molecule has 0 amide bonds. The SMILES string of the molecule is CC(C)(C)[Si](C)(C)OC[C@@H]1O[C@H](n2cc(I)c(=O)[nH]c2=O)C(O)C1O. The molecule has 142 valence electrons. The van der Waals surface area contributed by atoms with Gasteiger partial charge in [-0.05, 0) is 40.7 Å². The van der Waals surface area contributed by atoms with E-state index in [0.29, 0.717) is 0 Å². The highest BCUT2D eigenvalue weighted by atomic mass is 127. The molecule has 0 aliphatic carbocycles. The Labute approximate surface area is 160 Å². The minimum atomic E-state index is -2.04. The summed E-state index contributed by atoms with van der Waals surface area (Å²) in [4.78, 5) is 25.6. The number of nitrogens with one attached hydrogen (secondary N) is 1. The van der Waals surface area contributed by atoms with Gasteiger partial charge >= 0.3 is 5.69 Å². The van der Waals surface area contributed by atoms with Gasteiger partial charge in [-0.1, -0.05) is 20.8 Å². The van der Waals surface area contributed by atoms with Crippen LogP contribution in [0.15, 0.2) is 15.8 Å². The van der Waals surface area contributed by atoms with E-state index in [1.54, 1.807) is 22.6 Å². The first kappa shape index (κ1) is 20.8. The van der Waals surface area contributed by atoms with Crippen molar-refractivity contribution in [2.45, 2.75) is 63.4 Å². The van der Waals surface area contributed by atoms with E-state index >= 15 is 0 Å². The maximum absolute atomic E-state index is 12.0. The average molecular weight is 484 g/mol. The zero-order valence-corrected chi connectivity index (χ0v) is 18.1. The largest absolute Gasteiger partial charge is 0.414 e. The Hall–Kier alpha value is -0.533. The first-order chi connectivity index (χ1) is 11.3. The van der Waals surface area contributed by atoms with E-state index in [1.165, 1.54) is 6.20 Å². The highest BCUT2D eigenvalue weighted by molar-refractivity contribution is 14.1. The summed E-state index contributed by atoms with van der Waals surface area (Å²) in [5.74, 6) is 0. The van der Waals surface area contributed by atoms with Crippen LogP contribution in [0.2, 0.25) is 18.1 Å². The fourth-order valence-corrected chi connectivity index (χ4v) is 3.70. The lowest BCUT2D eigenvalue weighted by atomic mass is 10.1. The van der Waals surface area contributed by atoms with Crippen molar-refractivity contribution in [2.75, 3.05) is 6.61 Å². The average Bonchev–Trinajstić information content (AvgIpc) is 2.76. The molecule has 4 atom stereocenters. The van der Waals surface area contributed by atoms with Crippen LogP contribution in [0.1, 0.15) is 27.0 Å². The van der Waals surface area contributed by atoms with E-state index in [0.717, 1.165) is 4.57 Å². The summed E-state index contributed by atoms with van der Waals surface area (Å²) in [5.41, 5.74) is -1.21. The van der Waals surface area contributed by atoms with Gasteiger partial charge in [0.05, 0.1) is 10.2 Å². The fourth-order valence-electron chi connectivity index (χ4n) is 2.25. The van der Waals surface area contributed by atoms with Gasteiger partial charge in [-0.2, -0.15) is 0 Å². The Kier molecular flexibility index (Phi) is 6.01. The number of hydrogen-bond acceptors (Lipinski definition) is 6. The monoisotopic (exact) mass is 484 g/mol. The molecular formula is C15H25IN2O6Si. The number of ether oxygens (including phenoxy) is 1. The number of aliphatic hydroxyl groups is 2. The van der Waals surface area contributed by atoms with Crippen molar-refractivity contribution >= 4 is 30.9 Å². The van der Waals surface area contributed by atoms with Crippen molar-refractivity contribution in [1.29, 1.82) is 0 Å². The third-order valence-electron chi connectivity index (χ3n) is 4.95. The number of halogens is 1. The number of aromatic nitrogens is 2. The summed E-state index contributed by atoms with van der Waals surface area (Å²) in [6, 6.07) is 0. The van der Waals surface area contributed by atoms with Gasteiger partial charge in [0.2, 0.25) is 0 Å². The lowest BCUT2D eigenvalue weighted by molar-refractivity contribution is -0.0532. The maximum Gasteiger partial charge on any atom is 0.330 e. The molecular weight excluding hydrogens is 459 g/mol. The predicted octanol–water partition coefficient (Wildman–Crippen LogP) is 0.782. The maximum atomic E-state index is 12.0. The topological polar surface area (TPSA) is 114 Å². The predicted molar refractivity (Wildman–Crippen MR) is 103 cm³/mol. The Bertz CT molecular complexity index is 741. The van der Waals surface area contributed by atoms with Gasteiger partial charge in [0.1, 0.15) is 18.3 Å². The van der Waals surface area contributed by atoms with Gasteiger partial charge in [0, 0.05) is 6.20 Å². The van der Waals surface area contributed by atoms with Crippen LogP contribution in [0.3, 0.4) is 0 Å². The third-order valence-corrected chi connectivity index (χ3v) is 10.2. The van der Waals surface area contributed by atoms with Crippen LogP contribution in [-0.4, -0.2) is 53.0 Å². The Morgan fingerprint density at radius 2 is 1.92 bits per heavy atom. The third kappa shape index (κ3) is 4.25. The second-order valence-electron chi connectivity index (χ2n) is 7.76. The zero-order chi connectivity index (χ0) is 19.2. The number of aliphatic hydroxyl groups excluding tert-OH is 2. The molecule has 2 unspecified atom stereocenters. The van der Waals surface area contributed by atoms with Crippen LogP contribution in [0, 0.1) is 3.57 Å². The minimum Gasteiger partial charge on any atom is -0.414 e. The molecule has 25 heavy (non-hydrogen) atoms. The molecule has 8 nitrogen and oxygen atoms in total. The van der Waals surface area contributed by atoms with Crippen LogP contribution < -0.4 is 11.2 Å². The molecule has 2 heterocycles. The van der Waals surface area contributed by atoms with Crippen molar-refractivity contribution < 1.29 is 19.4 Å². The molecule has 1 fully saturated rings. The van der Waals surface area contributed by atoms with Gasteiger partial charge in [0.25, 0.3) is 5.56 Å². The second kappa shape index (κ2) is 7.23. The summed E-state index contributed by atoms with van der Waals surface area (Å²) >= 11 is 1.78. The van der Waals surface area contributed by atoms with E-state index in [2.05, 4.69) is 38.8 Å². The quantitative estimate of drug-likeness (QED) is 0.430. The second-order valence-corrected chi connectivity index (χ2v) is 13.7. The summed E-state index contributed by atoms with van der Waals surface area (Å²) in [7, 11) is -2.04. The van der Waals surface area contributed by atoms with Crippen LogP contribution in [0.25, 0.3) is 0 Å². The van der Waals surface area contributed by atoms with Gasteiger partial charge in [-0.3, -0.25) is 14.3 Å². The molecule has 1 saturated heterocycles. The van der Waals surface area contributed by atoms with Crippen LogP contribution in [0.5, 0.6) is 0 Å². The summed E-state index contributed by atoms with van der Waals surface area (Å²) in [6.45, 7) is 10.6. The highest BCUT2D eigenvalue weighted by Gasteiger charge is 2.46.